The van der Waals surface area contributed by atoms with E-state index in [-0.39, 0.29) is 29.8 Å². The lowest BCUT2D eigenvalue weighted by atomic mass is 10.1. The van der Waals surface area contributed by atoms with Gasteiger partial charge in [-0.05, 0) is 30.2 Å². The molecule has 1 aromatic heterocycles. The van der Waals surface area contributed by atoms with Gasteiger partial charge in [0.15, 0.2) is 5.96 Å². The van der Waals surface area contributed by atoms with Crippen LogP contribution < -0.4 is 21.6 Å². The number of aliphatic carboxylic acids is 2. The van der Waals surface area contributed by atoms with E-state index >= 15 is 0 Å². The van der Waals surface area contributed by atoms with Gasteiger partial charge in [0.2, 0.25) is 16.0 Å². The number of carboxylic acids is 2. The lowest BCUT2D eigenvalue weighted by molar-refractivity contribution is -0.192. The summed E-state index contributed by atoms with van der Waals surface area (Å²) >= 11 is 6.01. The van der Waals surface area contributed by atoms with Crippen LogP contribution in [0.1, 0.15) is 11.1 Å². The molecule has 0 saturated carbocycles. The van der Waals surface area contributed by atoms with Crippen LogP contribution in [-0.2, 0) is 26.2 Å². The molecule has 0 spiro atoms. The molecule has 0 aliphatic heterocycles. The molecule has 0 aliphatic rings. The number of nitrogens with one attached hydrogen (secondary N) is 2. The van der Waals surface area contributed by atoms with Crippen LogP contribution in [0.2, 0.25) is 0 Å². The minimum Gasteiger partial charge on any atom is -0.480 e. The van der Waals surface area contributed by atoms with Gasteiger partial charge in [-0.1, -0.05) is 30.3 Å². The van der Waals surface area contributed by atoms with E-state index < -0.39 is 40.6 Å². The Kier molecular flexibility index (Phi) is 14.6. The third kappa shape index (κ3) is 11.8. The van der Waals surface area contributed by atoms with Gasteiger partial charge in [0.1, 0.15) is 6.54 Å². The van der Waals surface area contributed by atoms with E-state index in [2.05, 4.69) is 16.5 Å². The summed E-state index contributed by atoms with van der Waals surface area (Å²) in [5, 5.41) is 30.9. The molecule has 0 unspecified atom stereocenters. The van der Waals surface area contributed by atoms with Gasteiger partial charge in [0.25, 0.3) is 0 Å². The molecule has 3 rings (SSSR count). The van der Waals surface area contributed by atoms with Crippen molar-refractivity contribution in [3.63, 3.8) is 0 Å². The molecule has 20 heteroatoms. The van der Waals surface area contributed by atoms with Crippen LogP contribution in [0.4, 0.5) is 18.9 Å². The summed E-state index contributed by atoms with van der Waals surface area (Å²) in [6, 6.07) is 11.4. The summed E-state index contributed by atoms with van der Waals surface area (Å²) in [5.41, 5.74) is 16.2. The van der Waals surface area contributed by atoms with Crippen molar-refractivity contribution in [3.05, 3.63) is 66.0 Å². The number of sulfonamides is 1. The first-order chi connectivity index (χ1) is 19.3. The summed E-state index contributed by atoms with van der Waals surface area (Å²) in [4.78, 5) is 24.2. The summed E-state index contributed by atoms with van der Waals surface area (Å²) in [6.45, 7) is 1.06. The van der Waals surface area contributed by atoms with Crippen LogP contribution in [-0.4, -0.2) is 64.5 Å². The van der Waals surface area contributed by atoms with Crippen molar-refractivity contribution in [1.29, 1.82) is 10.8 Å². The summed E-state index contributed by atoms with van der Waals surface area (Å²) in [6.07, 6.45) is -2.23. The maximum atomic E-state index is 13.3. The van der Waals surface area contributed by atoms with Gasteiger partial charge in [0, 0.05) is 35.3 Å². The van der Waals surface area contributed by atoms with Crippen molar-refractivity contribution in [2.24, 2.45) is 17.2 Å². The standard InChI is InChI=1S/C20H20ClN5O4S.C2HF3O2.CH5N3.ClH/c1-13-4-2-3-5-14(13)11-25(12-19(27)28)31(29,30)16-6-7-17-15(8-16)9-24-10-18(17)26(21)20(22)23;3-2(4,5)1(6)7;2-1(3)4;/h2-10H,11-12H2,1H3,(H3,22,23)(H,27,28);(H,6,7);(H5,2,3,4);1H. The van der Waals surface area contributed by atoms with Gasteiger partial charge >= 0.3 is 18.1 Å². The predicted molar refractivity (Wildman–Crippen MR) is 155 cm³/mol. The molecule has 43 heavy (non-hydrogen) atoms. The maximum absolute atomic E-state index is 13.3. The summed E-state index contributed by atoms with van der Waals surface area (Å²) in [5.74, 6) is -4.77. The number of alkyl halides is 3. The van der Waals surface area contributed by atoms with Crippen LogP contribution in [0.3, 0.4) is 0 Å². The smallest absolute Gasteiger partial charge is 0.480 e. The highest BCUT2D eigenvalue weighted by Gasteiger charge is 2.38. The zero-order chi connectivity index (χ0) is 32.4. The quantitative estimate of drug-likeness (QED) is 0.109. The highest BCUT2D eigenvalue weighted by atomic mass is 35.5. The molecule has 0 bridgehead atoms. The topological polar surface area (TPSA) is 254 Å². The molecule has 14 nitrogen and oxygen atoms in total. The summed E-state index contributed by atoms with van der Waals surface area (Å²) < 4.78 is 60.2. The molecular formula is C23H27Cl2F3N8O6S. The number of rotatable bonds is 7. The van der Waals surface area contributed by atoms with E-state index in [0.29, 0.717) is 22.0 Å². The van der Waals surface area contributed by atoms with Crippen molar-refractivity contribution in [2.45, 2.75) is 24.5 Å². The number of carboxylic acid groups (broad SMARTS) is 2. The number of carbonyl (C=O) groups is 2. The first-order valence-corrected chi connectivity index (χ1v) is 12.9. The largest absolute Gasteiger partial charge is 0.490 e. The third-order valence-corrected chi connectivity index (χ3v) is 7.08. The van der Waals surface area contributed by atoms with Gasteiger partial charge in [-0.25, -0.2) is 17.6 Å². The highest BCUT2D eigenvalue weighted by Crippen LogP contribution is 2.30. The fraction of sp³-hybridized carbons (Fsp3) is 0.174. The number of hydrogen-bond acceptors (Lipinski definition) is 7. The molecule has 2 aromatic carbocycles. The van der Waals surface area contributed by atoms with E-state index in [0.717, 1.165) is 14.3 Å². The molecular weight excluding hydrogens is 644 g/mol. The fourth-order valence-electron chi connectivity index (χ4n) is 3.09. The van der Waals surface area contributed by atoms with Crippen LogP contribution in [0.25, 0.3) is 10.8 Å². The van der Waals surface area contributed by atoms with Crippen LogP contribution in [0.15, 0.2) is 59.8 Å². The molecule has 0 aliphatic carbocycles. The molecule has 10 N–H and O–H groups in total. The minimum atomic E-state index is -5.08. The van der Waals surface area contributed by atoms with Gasteiger partial charge in [0.05, 0.1) is 16.8 Å². The maximum Gasteiger partial charge on any atom is 0.490 e. The first-order valence-electron chi connectivity index (χ1n) is 11.1. The Morgan fingerprint density at radius 2 is 1.58 bits per heavy atom. The van der Waals surface area contributed by atoms with Crippen molar-refractivity contribution in [3.8, 4) is 0 Å². The first kappa shape index (κ1) is 38.6. The number of nitrogens with zero attached hydrogens (tertiary/aromatic N) is 3. The molecule has 0 saturated heterocycles. The second-order valence-corrected chi connectivity index (χ2v) is 10.3. The average molecular weight is 671 g/mol. The Balaban J connectivity index is 0.00000126. The molecule has 0 radical (unpaired) electrons. The van der Waals surface area contributed by atoms with Gasteiger partial charge in [-0.15, -0.1) is 12.4 Å². The number of aryl methyl sites for hydroxylation is 1. The Hall–Kier alpha value is -4.39. The van der Waals surface area contributed by atoms with Gasteiger partial charge in [-0.3, -0.25) is 20.6 Å². The van der Waals surface area contributed by atoms with Crippen molar-refractivity contribution in [1.82, 2.24) is 9.29 Å². The molecule has 236 valence electrons. The monoisotopic (exact) mass is 670 g/mol. The molecule has 0 amide bonds. The molecule has 0 atom stereocenters. The van der Waals surface area contributed by atoms with Crippen molar-refractivity contribution >= 4 is 74.5 Å². The Bertz CT molecular complexity index is 1570. The predicted octanol–water partition coefficient (Wildman–Crippen LogP) is 2.57. The van der Waals surface area contributed by atoms with Gasteiger partial charge < -0.3 is 27.4 Å². The van der Waals surface area contributed by atoms with Crippen LogP contribution in [0, 0.1) is 17.7 Å². The number of halogens is 5. The van der Waals surface area contributed by atoms with E-state index in [1.807, 2.05) is 19.1 Å². The lowest BCUT2D eigenvalue weighted by Gasteiger charge is -2.22. The second kappa shape index (κ2) is 16.3. The number of hydrogen-bond donors (Lipinski definition) is 7. The number of pyridine rings is 1. The SMILES string of the molecule is Cc1ccccc1CN(CC(=O)O)S(=O)(=O)c1ccc2c(N(Cl)C(=N)N)cncc2c1.Cl.N=C(N)N.O=C(O)C(F)(F)F. The Morgan fingerprint density at radius 1 is 1.05 bits per heavy atom. The lowest BCUT2D eigenvalue weighted by Crippen LogP contribution is -2.35. The minimum absolute atomic E-state index is 0. The zero-order valence-electron chi connectivity index (χ0n) is 22.0. The van der Waals surface area contributed by atoms with Crippen molar-refractivity contribution < 1.29 is 41.4 Å². The molecule has 3 aromatic rings. The van der Waals surface area contributed by atoms with Crippen LogP contribution in [0.5, 0.6) is 0 Å². The Labute approximate surface area is 254 Å². The number of anilines is 1. The molecule has 1 heterocycles. The van der Waals surface area contributed by atoms with Gasteiger partial charge in [-0.2, -0.15) is 17.5 Å². The summed E-state index contributed by atoms with van der Waals surface area (Å²) in [7, 11) is -4.14. The van der Waals surface area contributed by atoms with Crippen LogP contribution >= 0.6 is 24.2 Å². The third-order valence-electron chi connectivity index (χ3n) is 4.93. The second-order valence-electron chi connectivity index (χ2n) is 8.06. The van der Waals surface area contributed by atoms with E-state index in [1.54, 1.807) is 12.1 Å². The Morgan fingerprint density at radius 3 is 2.05 bits per heavy atom. The average Bonchev–Trinajstić information content (AvgIpc) is 2.87. The number of aromatic nitrogens is 1. The zero-order valence-corrected chi connectivity index (χ0v) is 24.4. The number of benzene rings is 2. The number of fused-ring (bicyclic) bond motifs is 1. The van der Waals surface area contributed by atoms with E-state index in [4.69, 9.17) is 38.2 Å². The fourth-order valence-corrected chi connectivity index (χ4v) is 4.63. The normalized spacial score (nSPS) is 10.7. The van der Waals surface area contributed by atoms with E-state index in [9.17, 15) is 31.5 Å². The number of guanidine groups is 2. The molecule has 0 fully saturated rings. The highest BCUT2D eigenvalue weighted by molar-refractivity contribution is 7.89. The number of nitrogens with two attached hydrogens (primary N) is 3. The van der Waals surface area contributed by atoms with Crippen molar-refractivity contribution in [2.75, 3.05) is 11.0 Å². The van der Waals surface area contributed by atoms with E-state index in [1.165, 1.54) is 30.6 Å².